The summed E-state index contributed by atoms with van der Waals surface area (Å²) in [6, 6.07) is 10.7. The van der Waals surface area contributed by atoms with Crippen molar-refractivity contribution in [2.45, 2.75) is 32.4 Å². The predicted molar refractivity (Wildman–Crippen MR) is 87.2 cm³/mol. The first kappa shape index (κ1) is 14.2. The molecule has 0 radical (unpaired) electrons. The summed E-state index contributed by atoms with van der Waals surface area (Å²) < 4.78 is 7.68. The maximum absolute atomic E-state index is 5.74. The number of hydrogen-bond acceptors (Lipinski definition) is 4. The molecule has 1 saturated heterocycles. The van der Waals surface area contributed by atoms with Gasteiger partial charge in [-0.05, 0) is 50.6 Å². The number of likely N-dealkylation sites (tertiary alicyclic amines) is 1. The first-order chi connectivity index (χ1) is 11.3. The highest BCUT2D eigenvalue weighted by atomic mass is 16.3. The minimum absolute atomic E-state index is 0.351. The number of furan rings is 1. The lowest BCUT2D eigenvalue weighted by atomic mass is 10.1. The van der Waals surface area contributed by atoms with Crippen LogP contribution in [0.4, 0.5) is 0 Å². The lowest BCUT2D eigenvalue weighted by molar-refractivity contribution is 0.223. The van der Waals surface area contributed by atoms with Gasteiger partial charge in [-0.2, -0.15) is 0 Å². The monoisotopic (exact) mass is 308 g/mol. The van der Waals surface area contributed by atoms with E-state index in [1.54, 1.807) is 12.5 Å². The molecular weight excluding hydrogens is 288 g/mol. The quantitative estimate of drug-likeness (QED) is 0.740. The molecule has 0 bridgehead atoms. The Morgan fingerprint density at radius 2 is 2.22 bits per heavy atom. The third kappa shape index (κ3) is 2.92. The Balaban J connectivity index is 1.57. The van der Waals surface area contributed by atoms with Crippen LogP contribution in [0.1, 0.15) is 36.1 Å². The molecule has 1 atom stereocenters. The molecule has 3 aromatic rings. The van der Waals surface area contributed by atoms with Gasteiger partial charge in [0.05, 0.1) is 18.3 Å². The number of hydrogen-bond donors (Lipinski definition) is 0. The van der Waals surface area contributed by atoms with E-state index in [0.29, 0.717) is 6.04 Å². The molecule has 0 N–H and O–H groups in total. The van der Waals surface area contributed by atoms with Crippen LogP contribution in [0.15, 0.2) is 53.5 Å². The van der Waals surface area contributed by atoms with Gasteiger partial charge < -0.3 is 4.42 Å². The summed E-state index contributed by atoms with van der Waals surface area (Å²) in [6.45, 7) is 3.91. The van der Waals surface area contributed by atoms with Crippen LogP contribution in [0, 0.1) is 6.92 Å². The van der Waals surface area contributed by atoms with E-state index in [9.17, 15) is 0 Å². The second-order valence-electron chi connectivity index (χ2n) is 6.03. The van der Waals surface area contributed by atoms with Gasteiger partial charge in [-0.15, -0.1) is 0 Å². The van der Waals surface area contributed by atoms with Crippen LogP contribution >= 0.6 is 0 Å². The van der Waals surface area contributed by atoms with E-state index in [1.165, 1.54) is 6.42 Å². The molecule has 0 amide bonds. The zero-order valence-electron chi connectivity index (χ0n) is 13.2. The Hall–Kier alpha value is -2.40. The Labute approximate surface area is 135 Å². The number of aryl methyl sites for hydroxylation is 1. The number of pyridine rings is 1. The van der Waals surface area contributed by atoms with Gasteiger partial charge in [-0.3, -0.25) is 9.47 Å². The van der Waals surface area contributed by atoms with Crippen molar-refractivity contribution in [2.24, 2.45) is 0 Å². The van der Waals surface area contributed by atoms with E-state index in [1.807, 2.05) is 29.8 Å². The molecule has 3 aromatic heterocycles. The smallest absolute Gasteiger partial charge is 0.138 e. The molecule has 1 aliphatic rings. The van der Waals surface area contributed by atoms with Crippen LogP contribution in [0.2, 0.25) is 0 Å². The summed E-state index contributed by atoms with van der Waals surface area (Å²) in [5.41, 5.74) is 1.12. The maximum atomic E-state index is 5.74. The van der Waals surface area contributed by atoms with Crippen LogP contribution in [-0.2, 0) is 6.54 Å². The summed E-state index contributed by atoms with van der Waals surface area (Å²) in [6.07, 6.45) is 7.81. The van der Waals surface area contributed by atoms with E-state index in [-0.39, 0.29) is 0 Å². The van der Waals surface area contributed by atoms with Crippen molar-refractivity contribution in [1.82, 2.24) is 19.4 Å². The molecule has 0 saturated carbocycles. The third-order valence-electron chi connectivity index (χ3n) is 4.38. The van der Waals surface area contributed by atoms with Gasteiger partial charge in [0, 0.05) is 12.4 Å². The average Bonchev–Trinajstić information content (AvgIpc) is 3.30. The summed E-state index contributed by atoms with van der Waals surface area (Å²) in [5, 5.41) is 0. The standard InChI is InChI=1S/C18H20N4O/c1-14-7-8-15(23-14)12-21-10-3-5-17(21)16-4-2-6-18(20-16)22-11-9-19-13-22/h2,4,6-9,11,13,17H,3,5,10,12H2,1H3/t17-/m0/s1. The van der Waals surface area contributed by atoms with E-state index in [2.05, 4.69) is 28.1 Å². The number of imidazole rings is 1. The molecule has 1 aliphatic heterocycles. The summed E-state index contributed by atoms with van der Waals surface area (Å²) in [7, 11) is 0. The molecule has 0 aromatic carbocycles. The van der Waals surface area contributed by atoms with Crippen molar-refractivity contribution < 1.29 is 4.42 Å². The maximum Gasteiger partial charge on any atom is 0.138 e. The summed E-state index contributed by atoms with van der Waals surface area (Å²) >= 11 is 0. The number of aromatic nitrogens is 3. The fourth-order valence-corrected chi connectivity index (χ4v) is 3.28. The minimum Gasteiger partial charge on any atom is -0.465 e. The van der Waals surface area contributed by atoms with Gasteiger partial charge >= 0.3 is 0 Å². The lowest BCUT2D eigenvalue weighted by Crippen LogP contribution is -2.23. The topological polar surface area (TPSA) is 47.1 Å². The fraction of sp³-hybridized carbons (Fsp3) is 0.333. The molecule has 5 heteroatoms. The van der Waals surface area contributed by atoms with Gasteiger partial charge in [-0.25, -0.2) is 9.97 Å². The van der Waals surface area contributed by atoms with Crippen molar-refractivity contribution >= 4 is 0 Å². The predicted octanol–water partition coefficient (Wildman–Crippen LogP) is 3.51. The van der Waals surface area contributed by atoms with Crippen LogP contribution in [0.25, 0.3) is 5.82 Å². The van der Waals surface area contributed by atoms with Crippen LogP contribution in [-0.4, -0.2) is 26.0 Å². The highest BCUT2D eigenvalue weighted by Gasteiger charge is 2.28. The number of rotatable bonds is 4. The molecule has 118 valence electrons. The van der Waals surface area contributed by atoms with Gasteiger partial charge in [-0.1, -0.05) is 6.07 Å². The van der Waals surface area contributed by atoms with E-state index in [0.717, 1.165) is 42.5 Å². The molecule has 4 heterocycles. The van der Waals surface area contributed by atoms with Crippen molar-refractivity contribution in [2.75, 3.05) is 6.54 Å². The minimum atomic E-state index is 0.351. The van der Waals surface area contributed by atoms with Crippen LogP contribution < -0.4 is 0 Å². The largest absolute Gasteiger partial charge is 0.465 e. The van der Waals surface area contributed by atoms with Crippen molar-refractivity contribution in [3.63, 3.8) is 0 Å². The van der Waals surface area contributed by atoms with Crippen LogP contribution in [0.5, 0.6) is 0 Å². The molecule has 1 fully saturated rings. The number of nitrogens with zero attached hydrogens (tertiary/aromatic N) is 4. The highest BCUT2D eigenvalue weighted by Crippen LogP contribution is 2.32. The van der Waals surface area contributed by atoms with Crippen molar-refractivity contribution in [1.29, 1.82) is 0 Å². The lowest BCUT2D eigenvalue weighted by Gasteiger charge is -2.23. The Morgan fingerprint density at radius 3 is 3.00 bits per heavy atom. The Bertz CT molecular complexity index is 778. The zero-order valence-corrected chi connectivity index (χ0v) is 13.2. The van der Waals surface area contributed by atoms with E-state index < -0.39 is 0 Å². The Morgan fingerprint density at radius 1 is 1.26 bits per heavy atom. The first-order valence-electron chi connectivity index (χ1n) is 8.04. The van der Waals surface area contributed by atoms with Crippen molar-refractivity contribution in [3.05, 3.63) is 66.3 Å². The zero-order chi connectivity index (χ0) is 15.6. The van der Waals surface area contributed by atoms with Gasteiger partial charge in [0.2, 0.25) is 0 Å². The molecule has 23 heavy (non-hydrogen) atoms. The van der Waals surface area contributed by atoms with Crippen molar-refractivity contribution in [3.8, 4) is 5.82 Å². The SMILES string of the molecule is Cc1ccc(CN2CCC[C@H]2c2cccc(-n3ccnc3)n2)o1. The second-order valence-corrected chi connectivity index (χ2v) is 6.03. The van der Waals surface area contributed by atoms with Crippen LogP contribution in [0.3, 0.4) is 0 Å². The molecule has 0 spiro atoms. The molecular formula is C18H20N4O. The summed E-state index contributed by atoms with van der Waals surface area (Å²) in [4.78, 5) is 11.4. The first-order valence-corrected chi connectivity index (χ1v) is 8.04. The molecule has 5 nitrogen and oxygen atoms in total. The summed E-state index contributed by atoms with van der Waals surface area (Å²) in [5.74, 6) is 2.91. The highest BCUT2D eigenvalue weighted by molar-refractivity contribution is 5.26. The molecule has 4 rings (SSSR count). The van der Waals surface area contributed by atoms with Gasteiger partial charge in [0.25, 0.3) is 0 Å². The normalized spacial score (nSPS) is 18.6. The van der Waals surface area contributed by atoms with Gasteiger partial charge in [0.1, 0.15) is 23.7 Å². The average molecular weight is 308 g/mol. The molecule has 0 aliphatic carbocycles. The van der Waals surface area contributed by atoms with E-state index in [4.69, 9.17) is 9.40 Å². The second kappa shape index (κ2) is 6.01. The van der Waals surface area contributed by atoms with Gasteiger partial charge in [0.15, 0.2) is 0 Å². The Kier molecular flexibility index (Phi) is 3.71. The fourth-order valence-electron chi connectivity index (χ4n) is 3.28. The third-order valence-corrected chi connectivity index (χ3v) is 4.38. The van der Waals surface area contributed by atoms with E-state index >= 15 is 0 Å². The molecule has 0 unspecified atom stereocenters.